The lowest BCUT2D eigenvalue weighted by atomic mass is 9.95. The van der Waals surface area contributed by atoms with E-state index in [1.807, 2.05) is 6.92 Å². The summed E-state index contributed by atoms with van der Waals surface area (Å²) in [5, 5.41) is 0. The molecule has 0 amide bonds. The summed E-state index contributed by atoms with van der Waals surface area (Å²) in [4.78, 5) is 11.6. The van der Waals surface area contributed by atoms with Crippen LogP contribution in [0, 0.1) is 12.8 Å². The summed E-state index contributed by atoms with van der Waals surface area (Å²) < 4.78 is 0. The molecule has 1 fully saturated rings. The number of nitrogens with zero attached hydrogens (tertiary/aromatic N) is 3. The summed E-state index contributed by atoms with van der Waals surface area (Å²) >= 11 is 0. The van der Waals surface area contributed by atoms with E-state index >= 15 is 0 Å². The maximum atomic E-state index is 6.08. The molecule has 1 aromatic heterocycles. The SMILES string of the molecule is CCN(CC1CC1)c1nc(C(C)(C)C)nc(N)c1C. The molecule has 0 bridgehead atoms. The first kappa shape index (κ1) is 14.1. The standard InChI is InChI=1S/C15H26N4/c1-6-19(9-11-7-8-11)13-10(2)12(16)17-14(18-13)15(3,4)5/h11H,6-9H2,1-5H3,(H2,16,17,18). The van der Waals surface area contributed by atoms with Crippen molar-refractivity contribution in [2.45, 2.75) is 52.9 Å². The van der Waals surface area contributed by atoms with Crippen LogP contribution < -0.4 is 10.6 Å². The van der Waals surface area contributed by atoms with Gasteiger partial charge in [-0.25, -0.2) is 9.97 Å². The number of anilines is 2. The second-order valence-corrected chi connectivity index (χ2v) is 6.61. The highest BCUT2D eigenvalue weighted by Crippen LogP contribution is 2.33. The molecule has 0 radical (unpaired) electrons. The molecule has 19 heavy (non-hydrogen) atoms. The molecule has 0 unspecified atom stereocenters. The van der Waals surface area contributed by atoms with Crippen LogP contribution in [0.25, 0.3) is 0 Å². The van der Waals surface area contributed by atoms with E-state index in [0.717, 1.165) is 36.2 Å². The zero-order valence-corrected chi connectivity index (χ0v) is 12.8. The van der Waals surface area contributed by atoms with E-state index in [-0.39, 0.29) is 5.41 Å². The normalized spacial score (nSPS) is 15.6. The Morgan fingerprint density at radius 3 is 2.37 bits per heavy atom. The van der Waals surface area contributed by atoms with Gasteiger partial charge in [-0.1, -0.05) is 20.8 Å². The highest BCUT2D eigenvalue weighted by atomic mass is 15.2. The third kappa shape index (κ3) is 3.17. The van der Waals surface area contributed by atoms with E-state index in [4.69, 9.17) is 10.7 Å². The van der Waals surface area contributed by atoms with Gasteiger partial charge in [-0.2, -0.15) is 0 Å². The van der Waals surface area contributed by atoms with Crippen molar-refractivity contribution in [1.82, 2.24) is 9.97 Å². The first-order valence-electron chi connectivity index (χ1n) is 7.22. The van der Waals surface area contributed by atoms with Gasteiger partial charge in [0, 0.05) is 24.1 Å². The predicted molar refractivity (Wildman–Crippen MR) is 80.5 cm³/mol. The zero-order valence-electron chi connectivity index (χ0n) is 12.8. The molecule has 0 aliphatic heterocycles. The van der Waals surface area contributed by atoms with E-state index in [0.29, 0.717) is 5.82 Å². The third-order valence-electron chi connectivity index (χ3n) is 3.69. The van der Waals surface area contributed by atoms with Crippen LogP contribution in [0.1, 0.15) is 51.9 Å². The minimum absolute atomic E-state index is 0.0738. The maximum Gasteiger partial charge on any atom is 0.138 e. The Labute approximate surface area is 116 Å². The number of hydrogen-bond donors (Lipinski definition) is 1. The average Bonchev–Trinajstić information content (AvgIpc) is 3.12. The van der Waals surface area contributed by atoms with E-state index in [1.165, 1.54) is 12.8 Å². The van der Waals surface area contributed by atoms with Crippen molar-refractivity contribution in [3.63, 3.8) is 0 Å². The monoisotopic (exact) mass is 262 g/mol. The topological polar surface area (TPSA) is 55.0 Å². The van der Waals surface area contributed by atoms with Crippen LogP contribution in [0.4, 0.5) is 11.6 Å². The molecule has 4 heteroatoms. The molecule has 106 valence electrons. The van der Waals surface area contributed by atoms with Crippen LogP contribution in [0.3, 0.4) is 0 Å². The fourth-order valence-electron chi connectivity index (χ4n) is 2.14. The minimum atomic E-state index is -0.0738. The Morgan fingerprint density at radius 2 is 1.89 bits per heavy atom. The van der Waals surface area contributed by atoms with E-state index in [9.17, 15) is 0 Å². The molecule has 0 atom stereocenters. The molecular formula is C15H26N4. The lowest BCUT2D eigenvalue weighted by Gasteiger charge is -2.26. The van der Waals surface area contributed by atoms with Crippen molar-refractivity contribution in [2.24, 2.45) is 5.92 Å². The number of aromatic nitrogens is 2. The summed E-state index contributed by atoms with van der Waals surface area (Å²) in [6, 6.07) is 0. The van der Waals surface area contributed by atoms with Crippen molar-refractivity contribution in [1.29, 1.82) is 0 Å². The number of nitrogen functional groups attached to an aromatic ring is 1. The number of nitrogens with two attached hydrogens (primary N) is 1. The average molecular weight is 262 g/mol. The van der Waals surface area contributed by atoms with Crippen LogP contribution in [-0.4, -0.2) is 23.1 Å². The van der Waals surface area contributed by atoms with E-state index in [2.05, 4.69) is 37.6 Å². The maximum absolute atomic E-state index is 6.08. The highest BCUT2D eigenvalue weighted by molar-refractivity contribution is 5.57. The summed E-state index contributed by atoms with van der Waals surface area (Å²) in [6.07, 6.45) is 2.70. The molecule has 1 saturated carbocycles. The van der Waals surface area contributed by atoms with Gasteiger partial charge in [-0.05, 0) is 32.6 Å². The Morgan fingerprint density at radius 1 is 1.26 bits per heavy atom. The van der Waals surface area contributed by atoms with Gasteiger partial charge in [0.2, 0.25) is 0 Å². The molecule has 0 saturated heterocycles. The largest absolute Gasteiger partial charge is 0.383 e. The molecular weight excluding hydrogens is 236 g/mol. The molecule has 2 N–H and O–H groups in total. The first-order chi connectivity index (χ1) is 8.82. The van der Waals surface area contributed by atoms with Gasteiger partial charge in [-0.3, -0.25) is 0 Å². The van der Waals surface area contributed by atoms with Gasteiger partial charge in [-0.15, -0.1) is 0 Å². The van der Waals surface area contributed by atoms with Gasteiger partial charge < -0.3 is 10.6 Å². The van der Waals surface area contributed by atoms with Crippen molar-refractivity contribution in [2.75, 3.05) is 23.7 Å². The highest BCUT2D eigenvalue weighted by Gasteiger charge is 2.27. The zero-order chi connectivity index (χ0) is 14.2. The molecule has 4 nitrogen and oxygen atoms in total. The molecule has 0 spiro atoms. The third-order valence-corrected chi connectivity index (χ3v) is 3.69. The molecule has 1 aliphatic carbocycles. The molecule has 0 aromatic carbocycles. The molecule has 1 aromatic rings. The molecule has 1 aliphatic rings. The Bertz CT molecular complexity index is 458. The van der Waals surface area contributed by atoms with Crippen molar-refractivity contribution in [3.8, 4) is 0 Å². The summed E-state index contributed by atoms with van der Waals surface area (Å²) in [6.45, 7) is 12.6. The molecule has 1 heterocycles. The Kier molecular flexibility index (Phi) is 3.70. The molecule has 2 rings (SSSR count). The fraction of sp³-hybridized carbons (Fsp3) is 0.733. The van der Waals surface area contributed by atoms with Crippen molar-refractivity contribution < 1.29 is 0 Å². The minimum Gasteiger partial charge on any atom is -0.383 e. The van der Waals surface area contributed by atoms with Crippen LogP contribution >= 0.6 is 0 Å². The fourth-order valence-corrected chi connectivity index (χ4v) is 2.14. The van der Waals surface area contributed by atoms with Gasteiger partial charge in [0.25, 0.3) is 0 Å². The van der Waals surface area contributed by atoms with Gasteiger partial charge in [0.15, 0.2) is 0 Å². The summed E-state index contributed by atoms with van der Waals surface area (Å²) in [7, 11) is 0. The van der Waals surface area contributed by atoms with E-state index < -0.39 is 0 Å². The van der Waals surface area contributed by atoms with Crippen molar-refractivity contribution in [3.05, 3.63) is 11.4 Å². The van der Waals surface area contributed by atoms with Gasteiger partial charge >= 0.3 is 0 Å². The van der Waals surface area contributed by atoms with Crippen LogP contribution in [0.15, 0.2) is 0 Å². The summed E-state index contributed by atoms with van der Waals surface area (Å²) in [5.41, 5.74) is 7.02. The van der Waals surface area contributed by atoms with Crippen LogP contribution in [0.2, 0.25) is 0 Å². The second kappa shape index (κ2) is 4.99. The summed E-state index contributed by atoms with van der Waals surface area (Å²) in [5.74, 6) is 3.31. The van der Waals surface area contributed by atoms with Crippen LogP contribution in [-0.2, 0) is 5.41 Å². The van der Waals surface area contributed by atoms with Crippen LogP contribution in [0.5, 0.6) is 0 Å². The second-order valence-electron chi connectivity index (χ2n) is 6.61. The number of rotatable bonds is 4. The number of hydrogen-bond acceptors (Lipinski definition) is 4. The van der Waals surface area contributed by atoms with Gasteiger partial charge in [0.1, 0.15) is 17.5 Å². The first-order valence-corrected chi connectivity index (χ1v) is 7.22. The van der Waals surface area contributed by atoms with E-state index in [1.54, 1.807) is 0 Å². The predicted octanol–water partition coefficient (Wildman–Crippen LogP) is 2.90. The van der Waals surface area contributed by atoms with Gasteiger partial charge in [0.05, 0.1) is 0 Å². The van der Waals surface area contributed by atoms with Crippen molar-refractivity contribution >= 4 is 11.6 Å². The smallest absolute Gasteiger partial charge is 0.138 e. The Hall–Kier alpha value is -1.32. The lowest BCUT2D eigenvalue weighted by Crippen LogP contribution is -2.29. The quantitative estimate of drug-likeness (QED) is 0.906. The lowest BCUT2D eigenvalue weighted by molar-refractivity contribution is 0.543. The Balaban J connectivity index is 2.38.